The molecule has 21 heavy (non-hydrogen) atoms. The van der Waals surface area contributed by atoms with Gasteiger partial charge in [-0.15, -0.1) is 0 Å². The number of carbonyl (C=O) groups is 3. The Morgan fingerprint density at radius 3 is 1.86 bits per heavy atom. The van der Waals surface area contributed by atoms with Crippen molar-refractivity contribution in [1.29, 1.82) is 0 Å². The van der Waals surface area contributed by atoms with Crippen molar-refractivity contribution in [3.8, 4) is 0 Å². The largest absolute Gasteiger partial charge is 0.480 e. The normalized spacial score (nSPS) is 11.9. The van der Waals surface area contributed by atoms with E-state index in [-0.39, 0.29) is 0 Å². The van der Waals surface area contributed by atoms with Gasteiger partial charge in [-0.3, -0.25) is 19.3 Å². The average Bonchev–Trinajstić information content (AvgIpc) is 2.37. The molecule has 0 aromatic heterocycles. The first-order valence-electron chi connectivity index (χ1n) is 5.98. The van der Waals surface area contributed by atoms with Crippen LogP contribution < -0.4 is 0 Å². The Hall–Kier alpha value is -2.67. The van der Waals surface area contributed by atoms with Gasteiger partial charge >= 0.3 is 17.9 Å². The molecule has 0 fully saturated rings. The van der Waals surface area contributed by atoms with Gasteiger partial charge in [-0.2, -0.15) is 0 Å². The maximum absolute atomic E-state index is 11.4. The van der Waals surface area contributed by atoms with Crippen molar-refractivity contribution in [3.05, 3.63) is 42.0 Å². The molecule has 1 rings (SSSR count). The molecule has 0 aliphatic heterocycles. The molecule has 1 aromatic rings. The molecule has 0 radical (unpaired) electrons. The van der Waals surface area contributed by atoms with Crippen molar-refractivity contribution >= 4 is 24.0 Å². The number of aliphatic carboxylic acids is 3. The van der Waals surface area contributed by atoms with E-state index in [2.05, 4.69) is 6.58 Å². The third-order valence-corrected chi connectivity index (χ3v) is 2.76. The van der Waals surface area contributed by atoms with Gasteiger partial charge in [0, 0.05) is 0 Å². The van der Waals surface area contributed by atoms with E-state index in [0.717, 1.165) is 10.5 Å². The topological polar surface area (TPSA) is 115 Å². The van der Waals surface area contributed by atoms with Crippen molar-refractivity contribution in [2.45, 2.75) is 6.04 Å². The fourth-order valence-corrected chi connectivity index (χ4v) is 1.91. The number of nitrogens with zero attached hydrogens (tertiary/aromatic N) is 1. The predicted octanol–water partition coefficient (Wildman–Crippen LogP) is 0.926. The van der Waals surface area contributed by atoms with Crippen LogP contribution in [0.1, 0.15) is 17.2 Å². The fourth-order valence-electron chi connectivity index (χ4n) is 1.91. The molecule has 1 unspecified atom stereocenters. The summed E-state index contributed by atoms with van der Waals surface area (Å²) in [6.45, 7) is 2.20. The Kier molecular flexibility index (Phi) is 5.62. The number of benzene rings is 1. The second kappa shape index (κ2) is 7.20. The van der Waals surface area contributed by atoms with Crippen molar-refractivity contribution in [3.63, 3.8) is 0 Å². The van der Waals surface area contributed by atoms with Crippen LogP contribution in [0.2, 0.25) is 0 Å². The lowest BCUT2D eigenvalue weighted by molar-refractivity contribution is -0.149. The Labute approximate surface area is 120 Å². The van der Waals surface area contributed by atoms with Crippen LogP contribution >= 0.6 is 0 Å². The molecule has 0 heterocycles. The highest BCUT2D eigenvalue weighted by Crippen LogP contribution is 2.21. The minimum absolute atomic E-state index is 0.301. The minimum atomic E-state index is -1.35. The molecular formula is C14H15NO6. The van der Waals surface area contributed by atoms with Crippen LogP contribution in [-0.2, 0) is 14.4 Å². The van der Waals surface area contributed by atoms with E-state index in [0.29, 0.717) is 5.56 Å². The number of carboxylic acids is 3. The van der Waals surface area contributed by atoms with Crippen molar-refractivity contribution in [2.24, 2.45) is 0 Å². The zero-order valence-corrected chi connectivity index (χ0v) is 11.1. The molecule has 7 nitrogen and oxygen atoms in total. The van der Waals surface area contributed by atoms with Crippen LogP contribution in [0.4, 0.5) is 0 Å². The molecule has 1 aromatic carbocycles. The second-order valence-electron chi connectivity index (χ2n) is 4.30. The molecule has 1 atom stereocenters. The summed E-state index contributed by atoms with van der Waals surface area (Å²) in [5.74, 6) is -3.92. The SMILES string of the molecule is C=Cc1ccc(C(C(=O)O)N(CC(=O)O)CC(=O)O)cc1. The molecule has 0 aliphatic rings. The average molecular weight is 293 g/mol. The highest BCUT2D eigenvalue weighted by Gasteiger charge is 2.30. The first-order valence-corrected chi connectivity index (χ1v) is 5.98. The smallest absolute Gasteiger partial charge is 0.325 e. The molecule has 0 spiro atoms. The third kappa shape index (κ3) is 4.73. The Morgan fingerprint density at radius 1 is 1.05 bits per heavy atom. The van der Waals surface area contributed by atoms with Gasteiger partial charge in [-0.05, 0) is 11.1 Å². The number of carboxylic acid groups (broad SMARTS) is 3. The minimum Gasteiger partial charge on any atom is -0.480 e. The summed E-state index contributed by atoms with van der Waals surface area (Å²) in [6, 6.07) is 4.91. The van der Waals surface area contributed by atoms with Gasteiger partial charge in [0.25, 0.3) is 0 Å². The van der Waals surface area contributed by atoms with E-state index in [9.17, 15) is 19.5 Å². The van der Waals surface area contributed by atoms with Crippen LogP contribution in [0.5, 0.6) is 0 Å². The monoisotopic (exact) mass is 293 g/mol. The third-order valence-electron chi connectivity index (χ3n) is 2.76. The highest BCUT2D eigenvalue weighted by molar-refractivity contribution is 5.79. The maximum Gasteiger partial charge on any atom is 0.325 e. The summed E-state index contributed by atoms with van der Waals surface area (Å²) in [4.78, 5) is 33.9. The first-order chi connectivity index (χ1) is 9.85. The van der Waals surface area contributed by atoms with Gasteiger partial charge < -0.3 is 15.3 Å². The molecule has 0 bridgehead atoms. The zero-order chi connectivity index (χ0) is 16.0. The lowest BCUT2D eigenvalue weighted by Crippen LogP contribution is -2.41. The van der Waals surface area contributed by atoms with E-state index in [1.165, 1.54) is 12.1 Å². The summed E-state index contributed by atoms with van der Waals surface area (Å²) in [6.07, 6.45) is 1.58. The predicted molar refractivity (Wildman–Crippen MR) is 73.8 cm³/mol. The van der Waals surface area contributed by atoms with Gasteiger partial charge in [0.1, 0.15) is 6.04 Å². The van der Waals surface area contributed by atoms with E-state index in [4.69, 9.17) is 10.2 Å². The number of hydrogen-bond donors (Lipinski definition) is 3. The van der Waals surface area contributed by atoms with E-state index in [1.807, 2.05) is 0 Å². The van der Waals surface area contributed by atoms with Crippen LogP contribution in [0, 0.1) is 0 Å². The lowest BCUT2D eigenvalue weighted by Gasteiger charge is -2.26. The van der Waals surface area contributed by atoms with Crippen LogP contribution in [0.25, 0.3) is 6.08 Å². The summed E-state index contributed by atoms with van der Waals surface area (Å²) >= 11 is 0. The molecule has 0 saturated heterocycles. The van der Waals surface area contributed by atoms with Gasteiger partial charge in [-0.25, -0.2) is 0 Å². The van der Waals surface area contributed by atoms with Gasteiger partial charge in [-0.1, -0.05) is 36.9 Å². The first kappa shape index (κ1) is 16.4. The van der Waals surface area contributed by atoms with Crippen molar-refractivity contribution in [1.82, 2.24) is 4.90 Å². The second-order valence-corrected chi connectivity index (χ2v) is 4.30. The van der Waals surface area contributed by atoms with Gasteiger partial charge in [0.05, 0.1) is 13.1 Å². The van der Waals surface area contributed by atoms with Crippen LogP contribution in [0.3, 0.4) is 0 Å². The van der Waals surface area contributed by atoms with Crippen LogP contribution in [0.15, 0.2) is 30.8 Å². The molecular weight excluding hydrogens is 278 g/mol. The summed E-state index contributed by atoms with van der Waals surface area (Å²) in [7, 11) is 0. The molecule has 112 valence electrons. The zero-order valence-electron chi connectivity index (χ0n) is 11.1. The molecule has 0 saturated carbocycles. The number of rotatable bonds is 8. The molecule has 3 N–H and O–H groups in total. The fraction of sp³-hybridized carbons (Fsp3) is 0.214. The Balaban J connectivity index is 3.15. The molecule has 7 heteroatoms. The lowest BCUT2D eigenvalue weighted by atomic mass is 10.0. The summed E-state index contributed by atoms with van der Waals surface area (Å²) in [5, 5.41) is 26.9. The van der Waals surface area contributed by atoms with Crippen molar-refractivity contribution < 1.29 is 29.7 Å². The maximum atomic E-state index is 11.4. The number of hydrogen-bond acceptors (Lipinski definition) is 4. The van der Waals surface area contributed by atoms with Crippen LogP contribution in [-0.4, -0.2) is 51.2 Å². The molecule has 0 amide bonds. The Morgan fingerprint density at radius 2 is 1.52 bits per heavy atom. The standard InChI is InChI=1S/C14H15NO6/c1-2-9-3-5-10(6-4-9)13(14(20)21)15(7-11(16)17)8-12(18)19/h2-6,13H,1,7-8H2,(H,16,17)(H,18,19)(H,20,21). The highest BCUT2D eigenvalue weighted by atomic mass is 16.4. The van der Waals surface area contributed by atoms with E-state index < -0.39 is 37.0 Å². The van der Waals surface area contributed by atoms with Gasteiger partial charge in [0.2, 0.25) is 0 Å². The summed E-state index contributed by atoms with van der Waals surface area (Å²) in [5.41, 5.74) is 1.07. The Bertz CT molecular complexity index is 535. The molecule has 0 aliphatic carbocycles. The van der Waals surface area contributed by atoms with E-state index in [1.54, 1.807) is 18.2 Å². The summed E-state index contributed by atoms with van der Waals surface area (Å²) < 4.78 is 0. The van der Waals surface area contributed by atoms with E-state index >= 15 is 0 Å². The van der Waals surface area contributed by atoms with Gasteiger partial charge in [0.15, 0.2) is 0 Å². The quantitative estimate of drug-likeness (QED) is 0.653. The van der Waals surface area contributed by atoms with Crippen molar-refractivity contribution in [2.75, 3.05) is 13.1 Å².